The summed E-state index contributed by atoms with van der Waals surface area (Å²) in [6.45, 7) is 5.82. The van der Waals surface area contributed by atoms with E-state index in [0.717, 1.165) is 42.1 Å². The van der Waals surface area contributed by atoms with E-state index in [1.165, 1.54) is 32.1 Å². The summed E-state index contributed by atoms with van der Waals surface area (Å²) in [4.78, 5) is 0. The Morgan fingerprint density at radius 1 is 0.655 bits per heavy atom. The van der Waals surface area contributed by atoms with Crippen molar-refractivity contribution in [2.75, 3.05) is 13.2 Å². The third-order valence-electron chi connectivity index (χ3n) is 4.56. The van der Waals surface area contributed by atoms with Crippen molar-refractivity contribution < 1.29 is 9.47 Å². The van der Waals surface area contributed by atoms with Crippen LogP contribution in [0, 0.1) is 11.8 Å². The first kappa shape index (κ1) is 22.6. The van der Waals surface area contributed by atoms with E-state index in [4.69, 9.17) is 9.47 Å². The lowest BCUT2D eigenvalue weighted by Gasteiger charge is -2.05. The zero-order valence-electron chi connectivity index (χ0n) is 18.0. The van der Waals surface area contributed by atoms with Gasteiger partial charge in [-0.2, -0.15) is 0 Å². The second-order valence-electron chi connectivity index (χ2n) is 7.13. The quantitative estimate of drug-likeness (QED) is 0.217. The zero-order chi connectivity index (χ0) is 20.6. The van der Waals surface area contributed by atoms with Crippen LogP contribution in [0.5, 0.6) is 11.5 Å². The lowest BCUT2D eigenvalue weighted by atomic mass is 10.1. The number of rotatable bonds is 12. The highest BCUT2D eigenvalue weighted by molar-refractivity contribution is 5.45. The molecule has 0 aromatic heterocycles. The first-order chi connectivity index (χ1) is 14.3. The third kappa shape index (κ3) is 9.90. The standard InChI is InChI=1S/C27H34O2/c1-3-5-7-9-11-23-29-27-20-16-25(17-21-27)13-12-24-14-18-26(19-15-24)28-22-10-8-6-4-2/h9,11,14-21H,3-8,10,22-23H2,1-2H3. The molecule has 0 unspecified atom stereocenters. The smallest absolute Gasteiger partial charge is 0.119 e. The summed E-state index contributed by atoms with van der Waals surface area (Å²) in [7, 11) is 0. The van der Waals surface area contributed by atoms with Gasteiger partial charge in [-0.1, -0.05) is 69.9 Å². The molecule has 0 fully saturated rings. The number of hydrogen-bond donors (Lipinski definition) is 0. The molecule has 2 rings (SSSR count). The molecule has 154 valence electrons. The molecule has 2 heteroatoms. The molecule has 0 bridgehead atoms. The van der Waals surface area contributed by atoms with Crippen molar-refractivity contribution in [3.63, 3.8) is 0 Å². The van der Waals surface area contributed by atoms with E-state index in [1.807, 2.05) is 48.5 Å². The Labute approximate surface area is 176 Å². The summed E-state index contributed by atoms with van der Waals surface area (Å²) in [5.74, 6) is 8.20. The molecule has 0 heterocycles. The van der Waals surface area contributed by atoms with Crippen LogP contribution >= 0.6 is 0 Å². The molecule has 0 aliphatic rings. The average Bonchev–Trinajstić information content (AvgIpc) is 2.76. The second kappa shape index (κ2) is 14.4. The number of ether oxygens (including phenoxy) is 2. The van der Waals surface area contributed by atoms with Crippen molar-refractivity contribution in [3.8, 4) is 23.3 Å². The SMILES string of the molecule is CCCCC=CCOc1ccc(C#Cc2ccc(OCCCCCC)cc2)cc1. The predicted octanol–water partition coefficient (Wildman–Crippen LogP) is 7.17. The Morgan fingerprint density at radius 3 is 1.83 bits per heavy atom. The number of allylic oxidation sites excluding steroid dienone is 1. The molecular formula is C27H34O2. The second-order valence-corrected chi connectivity index (χ2v) is 7.13. The van der Waals surface area contributed by atoms with Crippen molar-refractivity contribution in [2.45, 2.75) is 58.8 Å². The Kier molecular flexibility index (Phi) is 11.2. The largest absolute Gasteiger partial charge is 0.494 e. The fourth-order valence-electron chi connectivity index (χ4n) is 2.78. The van der Waals surface area contributed by atoms with E-state index in [9.17, 15) is 0 Å². The van der Waals surface area contributed by atoms with Crippen LogP contribution in [0.15, 0.2) is 60.7 Å². The topological polar surface area (TPSA) is 18.5 Å². The van der Waals surface area contributed by atoms with Crippen LogP contribution in [0.3, 0.4) is 0 Å². The molecule has 0 saturated heterocycles. The third-order valence-corrected chi connectivity index (χ3v) is 4.56. The summed E-state index contributed by atoms with van der Waals surface area (Å²) < 4.78 is 11.5. The van der Waals surface area contributed by atoms with Gasteiger partial charge in [0.05, 0.1) is 6.61 Å². The minimum Gasteiger partial charge on any atom is -0.494 e. The van der Waals surface area contributed by atoms with Gasteiger partial charge < -0.3 is 9.47 Å². The Hall–Kier alpha value is -2.66. The Balaban J connectivity index is 1.76. The number of hydrogen-bond acceptors (Lipinski definition) is 2. The highest BCUT2D eigenvalue weighted by Crippen LogP contribution is 2.14. The van der Waals surface area contributed by atoms with Crippen LogP contribution in [0.1, 0.15) is 69.9 Å². The summed E-state index contributed by atoms with van der Waals surface area (Å²) in [6, 6.07) is 15.9. The van der Waals surface area contributed by atoms with Gasteiger partial charge in [-0.25, -0.2) is 0 Å². The minimum absolute atomic E-state index is 0.613. The maximum absolute atomic E-state index is 5.78. The van der Waals surface area contributed by atoms with Crippen LogP contribution < -0.4 is 9.47 Å². The maximum Gasteiger partial charge on any atom is 0.119 e. The molecule has 0 radical (unpaired) electrons. The molecule has 0 N–H and O–H groups in total. The Bertz CT molecular complexity index is 761. The van der Waals surface area contributed by atoms with Gasteiger partial charge in [0.15, 0.2) is 0 Å². The van der Waals surface area contributed by atoms with Crippen molar-refractivity contribution in [1.82, 2.24) is 0 Å². The summed E-state index contributed by atoms with van der Waals surface area (Å²) in [5, 5.41) is 0. The monoisotopic (exact) mass is 390 g/mol. The molecule has 0 aliphatic heterocycles. The molecule has 0 aliphatic carbocycles. The lowest BCUT2D eigenvalue weighted by molar-refractivity contribution is 0.305. The van der Waals surface area contributed by atoms with Crippen LogP contribution in [-0.2, 0) is 0 Å². The van der Waals surface area contributed by atoms with Crippen LogP contribution in [0.4, 0.5) is 0 Å². The van der Waals surface area contributed by atoms with Crippen LogP contribution in [0.25, 0.3) is 0 Å². The van der Waals surface area contributed by atoms with Gasteiger partial charge >= 0.3 is 0 Å². The molecule has 29 heavy (non-hydrogen) atoms. The number of unbranched alkanes of at least 4 members (excludes halogenated alkanes) is 5. The van der Waals surface area contributed by atoms with Crippen molar-refractivity contribution in [1.29, 1.82) is 0 Å². The van der Waals surface area contributed by atoms with E-state index >= 15 is 0 Å². The van der Waals surface area contributed by atoms with Gasteiger partial charge in [0.25, 0.3) is 0 Å². The normalized spacial score (nSPS) is 10.6. The van der Waals surface area contributed by atoms with Crippen molar-refractivity contribution in [3.05, 3.63) is 71.8 Å². The van der Waals surface area contributed by atoms with Crippen molar-refractivity contribution >= 4 is 0 Å². The fraction of sp³-hybridized carbons (Fsp3) is 0.407. The van der Waals surface area contributed by atoms with Gasteiger partial charge in [0.2, 0.25) is 0 Å². The minimum atomic E-state index is 0.613. The summed E-state index contributed by atoms with van der Waals surface area (Å²) in [6.07, 6.45) is 12.7. The summed E-state index contributed by atoms with van der Waals surface area (Å²) in [5.41, 5.74) is 1.97. The zero-order valence-corrected chi connectivity index (χ0v) is 18.0. The summed E-state index contributed by atoms with van der Waals surface area (Å²) >= 11 is 0. The lowest BCUT2D eigenvalue weighted by Crippen LogP contribution is -1.96. The van der Waals surface area contributed by atoms with E-state index in [1.54, 1.807) is 0 Å². The molecular weight excluding hydrogens is 356 g/mol. The van der Waals surface area contributed by atoms with Gasteiger partial charge in [0, 0.05) is 11.1 Å². The predicted molar refractivity (Wildman–Crippen MR) is 123 cm³/mol. The Morgan fingerprint density at radius 2 is 1.24 bits per heavy atom. The van der Waals surface area contributed by atoms with Gasteiger partial charge in [-0.15, -0.1) is 0 Å². The average molecular weight is 391 g/mol. The molecule has 0 amide bonds. The van der Waals surface area contributed by atoms with Gasteiger partial charge in [-0.3, -0.25) is 0 Å². The molecule has 0 atom stereocenters. The molecule has 0 spiro atoms. The number of benzene rings is 2. The van der Waals surface area contributed by atoms with Crippen LogP contribution in [-0.4, -0.2) is 13.2 Å². The molecule has 2 aromatic carbocycles. The van der Waals surface area contributed by atoms with E-state index in [-0.39, 0.29) is 0 Å². The highest BCUT2D eigenvalue weighted by atomic mass is 16.5. The van der Waals surface area contributed by atoms with Crippen molar-refractivity contribution in [2.24, 2.45) is 0 Å². The molecule has 2 nitrogen and oxygen atoms in total. The first-order valence-corrected chi connectivity index (χ1v) is 10.9. The maximum atomic E-state index is 5.78. The van der Waals surface area contributed by atoms with E-state index in [2.05, 4.69) is 37.8 Å². The first-order valence-electron chi connectivity index (χ1n) is 10.9. The van der Waals surface area contributed by atoms with Gasteiger partial charge in [0.1, 0.15) is 18.1 Å². The van der Waals surface area contributed by atoms with E-state index < -0.39 is 0 Å². The molecule has 0 saturated carbocycles. The highest BCUT2D eigenvalue weighted by Gasteiger charge is 1.95. The van der Waals surface area contributed by atoms with E-state index in [0.29, 0.717) is 6.61 Å². The fourth-order valence-corrected chi connectivity index (χ4v) is 2.78. The molecule has 2 aromatic rings. The van der Waals surface area contributed by atoms with Crippen LogP contribution in [0.2, 0.25) is 0 Å². The van der Waals surface area contributed by atoms with Gasteiger partial charge in [-0.05, 0) is 61.4 Å².